The third-order valence-electron chi connectivity index (χ3n) is 2.50. The van der Waals surface area contributed by atoms with Crippen LogP contribution in [0.4, 0.5) is 0 Å². The molecular formula is C13H15NS. The van der Waals surface area contributed by atoms with Crippen LogP contribution in [0.3, 0.4) is 0 Å². The summed E-state index contributed by atoms with van der Waals surface area (Å²) >= 11 is 1.78. The highest BCUT2D eigenvalue weighted by molar-refractivity contribution is 7.98. The third kappa shape index (κ3) is 2.51. The Kier molecular flexibility index (Phi) is 3.27. The second-order valence-corrected chi connectivity index (χ2v) is 4.54. The summed E-state index contributed by atoms with van der Waals surface area (Å²) in [5.74, 6) is 0. The minimum atomic E-state index is 1.10. The molecule has 2 rings (SSSR count). The second kappa shape index (κ2) is 4.67. The normalized spacial score (nSPS) is 23.2. The molecule has 0 radical (unpaired) electrons. The molecule has 15 heavy (non-hydrogen) atoms. The highest BCUT2D eigenvalue weighted by atomic mass is 32.2. The van der Waals surface area contributed by atoms with Crippen LogP contribution in [0.5, 0.6) is 0 Å². The van der Waals surface area contributed by atoms with E-state index in [1.54, 1.807) is 11.8 Å². The molecule has 0 atom stereocenters. The molecule has 0 unspecified atom stereocenters. The van der Waals surface area contributed by atoms with Gasteiger partial charge in [0.05, 0.1) is 5.36 Å². The number of thioether (sulfide) groups is 1. The van der Waals surface area contributed by atoms with Gasteiger partial charge in [-0.15, -0.1) is 11.8 Å². The van der Waals surface area contributed by atoms with Crippen LogP contribution in [-0.2, 0) is 0 Å². The van der Waals surface area contributed by atoms with Crippen molar-refractivity contribution in [2.24, 2.45) is 4.99 Å². The summed E-state index contributed by atoms with van der Waals surface area (Å²) in [6.45, 7) is 2.07. The molecule has 1 aromatic carbocycles. The van der Waals surface area contributed by atoms with E-state index in [1.165, 1.54) is 10.1 Å². The third-order valence-corrected chi connectivity index (χ3v) is 3.23. The molecule has 0 saturated carbocycles. The molecule has 78 valence electrons. The van der Waals surface area contributed by atoms with E-state index in [4.69, 9.17) is 0 Å². The maximum atomic E-state index is 4.60. The molecule has 0 aromatic heterocycles. The van der Waals surface area contributed by atoms with Crippen LogP contribution in [0, 0.1) is 0 Å². The van der Waals surface area contributed by atoms with E-state index in [2.05, 4.69) is 48.5 Å². The van der Waals surface area contributed by atoms with Crippen LogP contribution in [0.15, 0.2) is 39.9 Å². The Morgan fingerprint density at radius 2 is 2.00 bits per heavy atom. The Labute approximate surface area is 94.6 Å². The Bertz CT molecular complexity index is 500. The fraction of sp³-hybridized carbons (Fsp3) is 0.308. The molecule has 0 N–H and O–H groups in total. The molecule has 2 heteroatoms. The van der Waals surface area contributed by atoms with Crippen LogP contribution in [0.1, 0.15) is 19.8 Å². The summed E-state index contributed by atoms with van der Waals surface area (Å²) in [5.41, 5.74) is 1.13. The highest BCUT2D eigenvalue weighted by Gasteiger charge is 1.95. The number of nitrogens with zero attached hydrogens (tertiary/aromatic N) is 1. The van der Waals surface area contributed by atoms with E-state index in [1.807, 2.05) is 0 Å². The average Bonchev–Trinajstić information content (AvgIpc) is 2.23. The van der Waals surface area contributed by atoms with Crippen molar-refractivity contribution >= 4 is 17.8 Å². The van der Waals surface area contributed by atoms with Gasteiger partial charge in [-0.1, -0.05) is 12.2 Å². The minimum absolute atomic E-state index is 1.10. The first-order valence-electron chi connectivity index (χ1n) is 5.19. The molecule has 0 bridgehead atoms. The Morgan fingerprint density at radius 3 is 2.80 bits per heavy atom. The summed E-state index contributed by atoms with van der Waals surface area (Å²) in [7, 11) is 0. The number of hydrogen-bond acceptors (Lipinski definition) is 2. The maximum Gasteiger partial charge on any atom is 0.0702 e. The van der Waals surface area contributed by atoms with Crippen LogP contribution < -0.4 is 10.6 Å². The number of fused-ring (bicyclic) bond motifs is 1. The monoisotopic (exact) mass is 217 g/mol. The van der Waals surface area contributed by atoms with Crippen LogP contribution in [0.25, 0.3) is 6.08 Å². The molecule has 1 heterocycles. The van der Waals surface area contributed by atoms with Gasteiger partial charge < -0.3 is 0 Å². The van der Waals surface area contributed by atoms with Gasteiger partial charge in [0.2, 0.25) is 0 Å². The van der Waals surface area contributed by atoms with Crippen molar-refractivity contribution in [2.75, 3.05) is 6.26 Å². The maximum absolute atomic E-state index is 4.60. The predicted octanol–water partition coefficient (Wildman–Crippen LogP) is 2.51. The Balaban J connectivity index is 2.64. The van der Waals surface area contributed by atoms with Crippen molar-refractivity contribution in [3.8, 4) is 0 Å². The van der Waals surface area contributed by atoms with E-state index in [0.717, 1.165) is 23.9 Å². The van der Waals surface area contributed by atoms with Crippen molar-refractivity contribution in [3.63, 3.8) is 0 Å². The summed E-state index contributed by atoms with van der Waals surface area (Å²) < 4.78 is 0. The first kappa shape index (κ1) is 10.5. The largest absolute Gasteiger partial charge is 0.253 e. The van der Waals surface area contributed by atoms with Gasteiger partial charge in [-0.2, -0.15) is 0 Å². The molecule has 0 amide bonds. The second-order valence-electron chi connectivity index (χ2n) is 3.66. The number of allylic oxidation sites excluding steroid dienone is 2. The van der Waals surface area contributed by atoms with Crippen molar-refractivity contribution in [1.29, 1.82) is 0 Å². The fourth-order valence-corrected chi connectivity index (χ4v) is 2.14. The van der Waals surface area contributed by atoms with Gasteiger partial charge in [0.25, 0.3) is 0 Å². The van der Waals surface area contributed by atoms with Crippen LogP contribution in [-0.4, -0.2) is 6.26 Å². The lowest BCUT2D eigenvalue weighted by atomic mass is 10.2. The van der Waals surface area contributed by atoms with Crippen LogP contribution in [0.2, 0.25) is 0 Å². The fourth-order valence-electron chi connectivity index (χ4n) is 1.69. The molecule has 0 saturated heterocycles. The topological polar surface area (TPSA) is 12.4 Å². The number of hydrogen-bond donors (Lipinski definition) is 0. The van der Waals surface area contributed by atoms with Gasteiger partial charge in [-0.05, 0) is 49.4 Å². The highest BCUT2D eigenvalue weighted by Crippen LogP contribution is 2.10. The van der Waals surface area contributed by atoms with Gasteiger partial charge in [0.1, 0.15) is 0 Å². The molecular weight excluding hydrogens is 202 g/mol. The standard InChI is InChI=1S/C13H15NS/c1-10-5-3-4-6-11-9-12(15-2)7-8-13(11)14-10/h5-9H,3-4H2,1-2H3/b10-5-,11-6-,14-13+. The lowest BCUT2D eigenvalue weighted by Crippen LogP contribution is -2.25. The Hall–Kier alpha value is -1.02. The van der Waals surface area contributed by atoms with Gasteiger partial charge in [-0.25, -0.2) is 0 Å². The predicted molar refractivity (Wildman–Crippen MR) is 66.5 cm³/mol. The zero-order valence-corrected chi connectivity index (χ0v) is 9.97. The lowest BCUT2D eigenvalue weighted by molar-refractivity contribution is 1.03. The van der Waals surface area contributed by atoms with E-state index in [9.17, 15) is 0 Å². The molecule has 0 aliphatic carbocycles. The lowest BCUT2D eigenvalue weighted by Gasteiger charge is -2.01. The van der Waals surface area contributed by atoms with Gasteiger partial charge >= 0.3 is 0 Å². The molecule has 1 nitrogen and oxygen atoms in total. The summed E-state index contributed by atoms with van der Waals surface area (Å²) in [6, 6.07) is 6.47. The molecule has 0 fully saturated rings. The molecule has 0 spiro atoms. The van der Waals surface area contributed by atoms with Crippen molar-refractivity contribution in [2.45, 2.75) is 24.7 Å². The van der Waals surface area contributed by atoms with E-state index in [0.29, 0.717) is 0 Å². The average molecular weight is 217 g/mol. The van der Waals surface area contributed by atoms with Gasteiger partial charge in [-0.3, -0.25) is 4.99 Å². The van der Waals surface area contributed by atoms with E-state index in [-0.39, 0.29) is 0 Å². The van der Waals surface area contributed by atoms with E-state index < -0.39 is 0 Å². The van der Waals surface area contributed by atoms with Gasteiger partial charge in [0.15, 0.2) is 0 Å². The summed E-state index contributed by atoms with van der Waals surface area (Å²) in [5, 5.41) is 2.37. The van der Waals surface area contributed by atoms with Crippen molar-refractivity contribution < 1.29 is 0 Å². The zero-order valence-electron chi connectivity index (χ0n) is 9.16. The van der Waals surface area contributed by atoms with Crippen LogP contribution >= 0.6 is 11.8 Å². The van der Waals surface area contributed by atoms with E-state index >= 15 is 0 Å². The smallest absolute Gasteiger partial charge is 0.0702 e. The molecule has 1 aliphatic heterocycles. The Morgan fingerprint density at radius 1 is 1.20 bits per heavy atom. The SMILES string of the molecule is CSc1ccc2/c(c1)=C\CC\C=C(C)/N=2. The number of rotatable bonds is 1. The zero-order chi connectivity index (χ0) is 10.7. The summed E-state index contributed by atoms with van der Waals surface area (Å²) in [4.78, 5) is 5.90. The summed E-state index contributed by atoms with van der Waals surface area (Å²) in [6.07, 6.45) is 8.78. The first-order valence-corrected chi connectivity index (χ1v) is 6.42. The van der Waals surface area contributed by atoms with Gasteiger partial charge in [0, 0.05) is 10.6 Å². The van der Waals surface area contributed by atoms with Crippen molar-refractivity contribution in [3.05, 3.63) is 40.5 Å². The quantitative estimate of drug-likeness (QED) is 0.658. The molecule has 1 aliphatic rings. The molecule has 1 aromatic rings. The minimum Gasteiger partial charge on any atom is -0.253 e. The number of benzene rings is 1. The van der Waals surface area contributed by atoms with Crippen molar-refractivity contribution in [1.82, 2.24) is 0 Å². The first-order chi connectivity index (χ1) is 7.29.